The zero-order valence-electron chi connectivity index (χ0n) is 10.2. The van der Waals surface area contributed by atoms with Gasteiger partial charge in [0, 0.05) is 23.5 Å². The Balaban J connectivity index is 2.09. The molecule has 1 atom stereocenters. The number of thiazole rings is 1. The van der Waals surface area contributed by atoms with Gasteiger partial charge in [0.05, 0.1) is 5.25 Å². The van der Waals surface area contributed by atoms with E-state index in [1.165, 1.54) is 23.1 Å². The Hall–Kier alpha value is -1.33. The molecule has 94 valence electrons. The van der Waals surface area contributed by atoms with Crippen molar-refractivity contribution >= 4 is 29.0 Å². The standard InChI is InChI=1S/C13H14N2OS2/c1-10(18-11-6-4-3-5-7-11)12(16)14-13-15(2)8-9-17-13/h3-10H,1-2H3. The van der Waals surface area contributed by atoms with Crippen LogP contribution in [0.3, 0.4) is 0 Å². The first-order valence-corrected chi connectivity index (χ1v) is 7.33. The van der Waals surface area contributed by atoms with E-state index < -0.39 is 0 Å². The Labute approximate surface area is 114 Å². The van der Waals surface area contributed by atoms with E-state index >= 15 is 0 Å². The number of thioether (sulfide) groups is 1. The number of carbonyl (C=O) groups excluding carboxylic acids is 1. The van der Waals surface area contributed by atoms with Crippen LogP contribution in [-0.4, -0.2) is 15.7 Å². The van der Waals surface area contributed by atoms with Gasteiger partial charge < -0.3 is 4.57 Å². The van der Waals surface area contributed by atoms with Crippen LogP contribution in [0.1, 0.15) is 6.92 Å². The Kier molecular flexibility index (Phi) is 4.38. The number of benzene rings is 1. The van der Waals surface area contributed by atoms with Gasteiger partial charge in [-0.15, -0.1) is 23.1 Å². The normalized spacial score (nSPS) is 13.6. The lowest BCUT2D eigenvalue weighted by Crippen LogP contribution is -2.18. The van der Waals surface area contributed by atoms with Crippen LogP contribution < -0.4 is 4.80 Å². The van der Waals surface area contributed by atoms with Crippen LogP contribution in [0.5, 0.6) is 0 Å². The van der Waals surface area contributed by atoms with E-state index in [1.54, 1.807) is 0 Å². The smallest absolute Gasteiger partial charge is 0.261 e. The first-order valence-electron chi connectivity index (χ1n) is 5.57. The molecule has 0 fully saturated rings. The molecule has 0 aliphatic rings. The van der Waals surface area contributed by atoms with Crippen molar-refractivity contribution in [2.75, 3.05) is 0 Å². The van der Waals surface area contributed by atoms with Crippen LogP contribution in [-0.2, 0) is 11.8 Å². The van der Waals surface area contributed by atoms with Gasteiger partial charge in [0.2, 0.25) is 0 Å². The maximum Gasteiger partial charge on any atom is 0.261 e. The van der Waals surface area contributed by atoms with E-state index in [0.29, 0.717) is 0 Å². The number of carbonyl (C=O) groups is 1. The van der Waals surface area contributed by atoms with E-state index in [1.807, 2.05) is 60.4 Å². The molecule has 1 unspecified atom stereocenters. The molecule has 5 heteroatoms. The summed E-state index contributed by atoms with van der Waals surface area (Å²) in [7, 11) is 1.89. The molecule has 0 aliphatic heterocycles. The summed E-state index contributed by atoms with van der Waals surface area (Å²) >= 11 is 3.00. The summed E-state index contributed by atoms with van der Waals surface area (Å²) in [6, 6.07) is 9.90. The lowest BCUT2D eigenvalue weighted by Gasteiger charge is -2.06. The largest absolute Gasteiger partial charge is 0.327 e. The van der Waals surface area contributed by atoms with Crippen LogP contribution in [0.25, 0.3) is 0 Å². The van der Waals surface area contributed by atoms with Gasteiger partial charge in [-0.1, -0.05) is 18.2 Å². The van der Waals surface area contributed by atoms with Crippen LogP contribution in [0.2, 0.25) is 0 Å². The Morgan fingerprint density at radius 1 is 1.39 bits per heavy atom. The first kappa shape index (κ1) is 13.1. The third-order valence-corrected chi connectivity index (χ3v) is 4.32. The summed E-state index contributed by atoms with van der Waals surface area (Å²) in [6.45, 7) is 1.89. The van der Waals surface area contributed by atoms with Crippen molar-refractivity contribution in [2.24, 2.45) is 12.0 Å². The second-order valence-electron chi connectivity index (χ2n) is 3.82. The maximum absolute atomic E-state index is 12.0. The minimum Gasteiger partial charge on any atom is -0.327 e. The van der Waals surface area contributed by atoms with Crippen molar-refractivity contribution in [1.82, 2.24) is 4.57 Å². The number of aromatic nitrogens is 1. The minimum absolute atomic E-state index is 0.0955. The maximum atomic E-state index is 12.0. The number of hydrogen-bond acceptors (Lipinski definition) is 3. The molecule has 0 spiro atoms. The number of amides is 1. The van der Waals surface area contributed by atoms with Gasteiger partial charge in [-0.3, -0.25) is 4.79 Å². The van der Waals surface area contributed by atoms with E-state index in [4.69, 9.17) is 0 Å². The topological polar surface area (TPSA) is 34.4 Å². The van der Waals surface area contributed by atoms with Gasteiger partial charge in [0.15, 0.2) is 4.80 Å². The third kappa shape index (κ3) is 3.34. The molecule has 1 aromatic heterocycles. The molecule has 0 radical (unpaired) electrons. The highest BCUT2D eigenvalue weighted by Gasteiger charge is 2.13. The SMILES string of the molecule is CC(Sc1ccccc1)C(=O)N=c1sccn1C. The summed E-state index contributed by atoms with van der Waals surface area (Å²) in [4.78, 5) is 17.9. The van der Waals surface area contributed by atoms with E-state index in [9.17, 15) is 4.79 Å². The summed E-state index contributed by atoms with van der Waals surface area (Å²) in [5, 5.41) is 1.75. The minimum atomic E-state index is -0.172. The van der Waals surface area contributed by atoms with Crippen molar-refractivity contribution in [3.63, 3.8) is 0 Å². The highest BCUT2D eigenvalue weighted by Crippen LogP contribution is 2.23. The summed E-state index contributed by atoms with van der Waals surface area (Å²) < 4.78 is 1.85. The highest BCUT2D eigenvalue weighted by molar-refractivity contribution is 8.00. The monoisotopic (exact) mass is 278 g/mol. The van der Waals surface area contributed by atoms with Crippen molar-refractivity contribution in [3.8, 4) is 0 Å². The highest BCUT2D eigenvalue weighted by atomic mass is 32.2. The third-order valence-electron chi connectivity index (χ3n) is 2.37. The summed E-state index contributed by atoms with van der Waals surface area (Å²) in [6.07, 6.45) is 1.89. The van der Waals surface area contributed by atoms with E-state index in [2.05, 4.69) is 4.99 Å². The van der Waals surface area contributed by atoms with Crippen molar-refractivity contribution in [3.05, 3.63) is 46.7 Å². The van der Waals surface area contributed by atoms with Crippen LogP contribution in [0.15, 0.2) is 51.8 Å². The average molecular weight is 278 g/mol. The molecule has 1 heterocycles. The lowest BCUT2D eigenvalue weighted by atomic mass is 10.4. The molecule has 0 saturated heterocycles. The van der Waals surface area contributed by atoms with Gasteiger partial charge in [-0.25, -0.2) is 0 Å². The van der Waals surface area contributed by atoms with Gasteiger partial charge >= 0.3 is 0 Å². The second-order valence-corrected chi connectivity index (χ2v) is 6.11. The molecule has 1 amide bonds. The predicted molar refractivity (Wildman–Crippen MR) is 75.6 cm³/mol. The predicted octanol–water partition coefficient (Wildman–Crippen LogP) is 2.69. The summed E-state index contributed by atoms with van der Waals surface area (Å²) in [5.74, 6) is -0.0955. The quantitative estimate of drug-likeness (QED) is 0.809. The molecular formula is C13H14N2OS2. The number of hydrogen-bond donors (Lipinski definition) is 0. The van der Waals surface area contributed by atoms with Gasteiger partial charge in [-0.2, -0.15) is 4.99 Å². The molecule has 2 aromatic rings. The van der Waals surface area contributed by atoms with Gasteiger partial charge in [-0.05, 0) is 19.1 Å². The Morgan fingerprint density at radius 2 is 2.11 bits per heavy atom. The fourth-order valence-corrected chi connectivity index (χ4v) is 2.98. The van der Waals surface area contributed by atoms with Crippen molar-refractivity contribution in [1.29, 1.82) is 0 Å². The Morgan fingerprint density at radius 3 is 2.72 bits per heavy atom. The molecule has 3 nitrogen and oxygen atoms in total. The van der Waals surface area contributed by atoms with Crippen LogP contribution in [0.4, 0.5) is 0 Å². The van der Waals surface area contributed by atoms with Crippen molar-refractivity contribution < 1.29 is 4.79 Å². The molecule has 0 aliphatic carbocycles. The number of rotatable bonds is 3. The van der Waals surface area contributed by atoms with Crippen LogP contribution >= 0.6 is 23.1 Å². The van der Waals surface area contributed by atoms with Crippen LogP contribution in [0, 0.1) is 0 Å². The lowest BCUT2D eigenvalue weighted by molar-refractivity contribution is -0.117. The average Bonchev–Trinajstić information content (AvgIpc) is 2.76. The zero-order chi connectivity index (χ0) is 13.0. The molecule has 0 N–H and O–H groups in total. The molecule has 18 heavy (non-hydrogen) atoms. The molecule has 0 bridgehead atoms. The number of aryl methyl sites for hydroxylation is 1. The fraction of sp³-hybridized carbons (Fsp3) is 0.231. The fourth-order valence-electron chi connectivity index (χ4n) is 1.37. The van der Waals surface area contributed by atoms with Gasteiger partial charge in [0.1, 0.15) is 0 Å². The molecular weight excluding hydrogens is 264 g/mol. The molecule has 2 rings (SSSR count). The summed E-state index contributed by atoms with van der Waals surface area (Å²) in [5.41, 5.74) is 0. The van der Waals surface area contributed by atoms with Gasteiger partial charge in [0.25, 0.3) is 5.91 Å². The zero-order valence-corrected chi connectivity index (χ0v) is 11.9. The molecule has 0 saturated carbocycles. The first-order chi connectivity index (χ1) is 8.66. The molecule has 1 aromatic carbocycles. The van der Waals surface area contributed by atoms with E-state index in [0.717, 1.165) is 9.70 Å². The van der Waals surface area contributed by atoms with Crippen molar-refractivity contribution in [2.45, 2.75) is 17.1 Å². The number of nitrogens with zero attached hydrogens (tertiary/aromatic N) is 2. The Bertz CT molecular complexity index is 586. The van der Waals surface area contributed by atoms with E-state index in [-0.39, 0.29) is 11.2 Å². The second kappa shape index (κ2) is 6.02.